The third-order valence-corrected chi connectivity index (χ3v) is 6.15. The van der Waals surface area contributed by atoms with Gasteiger partial charge in [-0.15, -0.1) is 0 Å². The molecule has 0 unspecified atom stereocenters. The molecule has 0 aliphatic heterocycles. The molecule has 0 fully saturated rings. The molecule has 0 heteroatoms. The third kappa shape index (κ3) is 2.18. The van der Waals surface area contributed by atoms with Gasteiger partial charge in [0, 0.05) is 0 Å². The lowest BCUT2D eigenvalue weighted by molar-refractivity contribution is 1.27. The zero-order valence-electron chi connectivity index (χ0n) is 15.9. The van der Waals surface area contributed by atoms with Gasteiger partial charge in [0.25, 0.3) is 0 Å². The van der Waals surface area contributed by atoms with E-state index in [1.54, 1.807) is 0 Å². The zero-order valence-corrected chi connectivity index (χ0v) is 15.9. The van der Waals surface area contributed by atoms with E-state index >= 15 is 0 Å². The summed E-state index contributed by atoms with van der Waals surface area (Å²) in [6, 6.07) is 33.6. The Kier molecular flexibility index (Phi) is 3.25. The van der Waals surface area contributed by atoms with Gasteiger partial charge in [-0.3, -0.25) is 0 Å². The molecule has 0 amide bonds. The minimum absolute atomic E-state index is 1.00. The summed E-state index contributed by atoms with van der Waals surface area (Å²) in [5.74, 6) is 0. The Hall–Kier alpha value is -3.38. The van der Waals surface area contributed by atoms with E-state index in [0.717, 1.165) is 6.42 Å². The molecule has 1 aliphatic carbocycles. The summed E-state index contributed by atoms with van der Waals surface area (Å²) < 4.78 is 0. The molecule has 1 aliphatic rings. The molecule has 0 bridgehead atoms. The van der Waals surface area contributed by atoms with E-state index in [0.29, 0.717) is 0 Å². The van der Waals surface area contributed by atoms with Crippen molar-refractivity contribution in [3.05, 3.63) is 108 Å². The molecule has 5 aromatic carbocycles. The van der Waals surface area contributed by atoms with Crippen LogP contribution in [-0.4, -0.2) is 0 Å². The summed E-state index contributed by atoms with van der Waals surface area (Å²) in [5.41, 5.74) is 9.75. The van der Waals surface area contributed by atoms with Gasteiger partial charge >= 0.3 is 0 Å². The Morgan fingerprint density at radius 1 is 0.607 bits per heavy atom. The number of rotatable bonds is 1. The van der Waals surface area contributed by atoms with Crippen LogP contribution in [0.1, 0.15) is 16.7 Å². The summed E-state index contributed by atoms with van der Waals surface area (Å²) in [6.07, 6.45) is 1.00. The fourth-order valence-corrected chi connectivity index (χ4v) is 4.80. The Labute approximate surface area is 165 Å². The second-order valence-corrected chi connectivity index (χ2v) is 7.86. The second kappa shape index (κ2) is 5.81. The van der Waals surface area contributed by atoms with Crippen LogP contribution in [0.2, 0.25) is 0 Å². The molecule has 0 spiro atoms. The Morgan fingerprint density at radius 3 is 2.07 bits per heavy atom. The summed E-state index contributed by atoms with van der Waals surface area (Å²) in [4.78, 5) is 0. The fraction of sp³-hybridized carbons (Fsp3) is 0.0714. The molecule has 0 saturated heterocycles. The number of hydrogen-bond donors (Lipinski definition) is 0. The van der Waals surface area contributed by atoms with Gasteiger partial charge in [-0.05, 0) is 74.3 Å². The standard InChI is InChI=1S/C28H20/c1-18-10-12-20(13-11-18)25-16-21-7-3-5-9-24(21)28-26(25)17-22-15-14-19-6-2-4-8-23(19)27(22)28/h2-16H,17H2,1H3. The highest BCUT2D eigenvalue weighted by Crippen LogP contribution is 2.48. The van der Waals surface area contributed by atoms with Crippen molar-refractivity contribution in [2.45, 2.75) is 13.3 Å². The minimum atomic E-state index is 1.00. The fourth-order valence-electron chi connectivity index (χ4n) is 4.80. The van der Waals surface area contributed by atoms with Crippen LogP contribution in [0.25, 0.3) is 43.8 Å². The maximum absolute atomic E-state index is 2.38. The third-order valence-electron chi connectivity index (χ3n) is 6.15. The van der Waals surface area contributed by atoms with E-state index in [1.165, 1.54) is 60.5 Å². The predicted molar refractivity (Wildman–Crippen MR) is 120 cm³/mol. The Bertz CT molecular complexity index is 1370. The van der Waals surface area contributed by atoms with Gasteiger partial charge in [-0.1, -0.05) is 90.5 Å². The maximum Gasteiger partial charge on any atom is -0.000682 e. The van der Waals surface area contributed by atoms with Gasteiger partial charge in [-0.25, -0.2) is 0 Å². The normalized spacial score (nSPS) is 12.3. The van der Waals surface area contributed by atoms with E-state index in [9.17, 15) is 0 Å². The number of aryl methyl sites for hydroxylation is 1. The van der Waals surface area contributed by atoms with E-state index in [1.807, 2.05) is 0 Å². The van der Waals surface area contributed by atoms with E-state index < -0.39 is 0 Å². The van der Waals surface area contributed by atoms with Crippen LogP contribution in [0.5, 0.6) is 0 Å². The van der Waals surface area contributed by atoms with Gasteiger partial charge in [-0.2, -0.15) is 0 Å². The molecule has 5 aromatic rings. The van der Waals surface area contributed by atoms with Gasteiger partial charge in [0.05, 0.1) is 0 Å². The number of hydrogen-bond acceptors (Lipinski definition) is 0. The topological polar surface area (TPSA) is 0 Å². The maximum atomic E-state index is 2.38. The average Bonchev–Trinajstić information content (AvgIpc) is 3.14. The largest absolute Gasteiger partial charge is 0.0616 e. The van der Waals surface area contributed by atoms with Crippen LogP contribution in [0.15, 0.2) is 91.0 Å². The first kappa shape index (κ1) is 15.7. The average molecular weight is 356 g/mol. The van der Waals surface area contributed by atoms with Gasteiger partial charge in [0.2, 0.25) is 0 Å². The van der Waals surface area contributed by atoms with Crippen molar-refractivity contribution < 1.29 is 0 Å². The lowest BCUT2D eigenvalue weighted by atomic mass is 9.89. The molecule has 6 rings (SSSR count). The van der Waals surface area contributed by atoms with Crippen LogP contribution in [0, 0.1) is 6.92 Å². The summed E-state index contributed by atoms with van der Waals surface area (Å²) in [7, 11) is 0. The molecule has 0 N–H and O–H groups in total. The highest BCUT2D eigenvalue weighted by Gasteiger charge is 2.26. The van der Waals surface area contributed by atoms with E-state index in [-0.39, 0.29) is 0 Å². The van der Waals surface area contributed by atoms with E-state index in [4.69, 9.17) is 0 Å². The molecule has 28 heavy (non-hydrogen) atoms. The van der Waals surface area contributed by atoms with Gasteiger partial charge < -0.3 is 0 Å². The first-order chi connectivity index (χ1) is 13.8. The first-order valence-electron chi connectivity index (χ1n) is 9.92. The minimum Gasteiger partial charge on any atom is -0.0616 e. The van der Waals surface area contributed by atoms with Crippen LogP contribution in [-0.2, 0) is 6.42 Å². The molecular formula is C28H20. The van der Waals surface area contributed by atoms with Crippen LogP contribution < -0.4 is 0 Å². The number of fused-ring (bicyclic) bond motifs is 7. The quantitative estimate of drug-likeness (QED) is 0.285. The molecule has 0 radical (unpaired) electrons. The van der Waals surface area contributed by atoms with Crippen molar-refractivity contribution in [2.75, 3.05) is 0 Å². The Balaban J connectivity index is 1.76. The van der Waals surface area contributed by atoms with Crippen molar-refractivity contribution in [1.29, 1.82) is 0 Å². The SMILES string of the molecule is Cc1ccc(-c2cc3ccccc3c3c2Cc2ccc4ccccc4c2-3)cc1. The lowest BCUT2D eigenvalue weighted by Crippen LogP contribution is -1.90. The first-order valence-corrected chi connectivity index (χ1v) is 9.92. The van der Waals surface area contributed by atoms with Crippen molar-refractivity contribution in [3.63, 3.8) is 0 Å². The molecule has 0 atom stereocenters. The lowest BCUT2D eigenvalue weighted by Gasteiger charge is -2.14. The molecule has 0 nitrogen and oxygen atoms in total. The summed E-state index contributed by atoms with van der Waals surface area (Å²) >= 11 is 0. The highest BCUT2D eigenvalue weighted by molar-refractivity contribution is 6.12. The smallest absolute Gasteiger partial charge is 0.000682 e. The summed E-state index contributed by atoms with van der Waals surface area (Å²) in [5, 5.41) is 5.37. The van der Waals surface area contributed by atoms with Crippen molar-refractivity contribution >= 4 is 21.5 Å². The van der Waals surface area contributed by atoms with Crippen LogP contribution in [0.4, 0.5) is 0 Å². The zero-order chi connectivity index (χ0) is 18.7. The van der Waals surface area contributed by atoms with Crippen molar-refractivity contribution in [1.82, 2.24) is 0 Å². The molecule has 132 valence electrons. The molecule has 0 heterocycles. The second-order valence-electron chi connectivity index (χ2n) is 7.86. The van der Waals surface area contributed by atoms with Crippen LogP contribution in [0.3, 0.4) is 0 Å². The number of benzene rings is 5. The van der Waals surface area contributed by atoms with Crippen LogP contribution >= 0.6 is 0 Å². The van der Waals surface area contributed by atoms with Gasteiger partial charge in [0.1, 0.15) is 0 Å². The Morgan fingerprint density at radius 2 is 1.29 bits per heavy atom. The highest BCUT2D eigenvalue weighted by atomic mass is 14.3. The molecule has 0 saturated carbocycles. The predicted octanol–water partition coefficient (Wildman–Crippen LogP) is 7.54. The van der Waals surface area contributed by atoms with Crippen molar-refractivity contribution in [2.24, 2.45) is 0 Å². The van der Waals surface area contributed by atoms with Crippen molar-refractivity contribution in [3.8, 4) is 22.3 Å². The van der Waals surface area contributed by atoms with E-state index in [2.05, 4.69) is 97.9 Å². The molecular weight excluding hydrogens is 336 g/mol. The monoisotopic (exact) mass is 356 g/mol. The summed E-state index contributed by atoms with van der Waals surface area (Å²) in [6.45, 7) is 2.15. The molecule has 0 aromatic heterocycles. The van der Waals surface area contributed by atoms with Gasteiger partial charge in [0.15, 0.2) is 0 Å².